The molecule has 0 aromatic carbocycles. The molecular weight excluding hydrogens is 330 g/mol. The Labute approximate surface area is 149 Å². The highest BCUT2D eigenvalue weighted by Crippen LogP contribution is 2.38. The van der Waals surface area contributed by atoms with Crippen LogP contribution in [0.2, 0.25) is 0 Å². The molecule has 7 heteroatoms. The van der Waals surface area contributed by atoms with Crippen LogP contribution >= 0.6 is 11.8 Å². The molecule has 2 aliphatic rings. The Morgan fingerprint density at radius 2 is 1.88 bits per heavy atom. The van der Waals surface area contributed by atoms with Crippen LogP contribution in [0, 0.1) is 11.8 Å². The lowest BCUT2D eigenvalue weighted by Crippen LogP contribution is -2.62. The molecule has 2 aliphatic heterocycles. The summed E-state index contributed by atoms with van der Waals surface area (Å²) in [7, 11) is 2.04. The fourth-order valence-electron chi connectivity index (χ4n) is 4.41. The van der Waals surface area contributed by atoms with Crippen molar-refractivity contribution in [2.45, 2.75) is 75.1 Å². The summed E-state index contributed by atoms with van der Waals surface area (Å²) in [6.07, 6.45) is 0.0530. The van der Waals surface area contributed by atoms with Gasteiger partial charge in [0.1, 0.15) is 23.7 Å². The zero-order valence-electron chi connectivity index (χ0n) is 15.1. The summed E-state index contributed by atoms with van der Waals surface area (Å²) in [6, 6.07) is 0.0890. The zero-order chi connectivity index (χ0) is 18.0. The summed E-state index contributed by atoms with van der Waals surface area (Å²) in [5.74, 6) is 0.266. The maximum Gasteiger partial charge on any atom is 0.132 e. The van der Waals surface area contributed by atoms with Gasteiger partial charge in [0.05, 0.1) is 12.2 Å². The molecule has 0 amide bonds. The third-order valence-electron chi connectivity index (χ3n) is 5.60. The summed E-state index contributed by atoms with van der Waals surface area (Å²) >= 11 is 1.31. The first-order valence-electron chi connectivity index (χ1n) is 8.92. The summed E-state index contributed by atoms with van der Waals surface area (Å²) in [4.78, 5) is 2.24. The third-order valence-corrected chi connectivity index (χ3v) is 6.46. The van der Waals surface area contributed by atoms with Crippen LogP contribution in [0.25, 0.3) is 0 Å². The molecule has 0 radical (unpaired) electrons. The molecule has 0 aromatic rings. The Morgan fingerprint density at radius 3 is 2.42 bits per heavy atom. The Kier molecular flexibility index (Phi) is 7.37. The molecule has 6 nitrogen and oxygen atoms in total. The highest BCUT2D eigenvalue weighted by molar-refractivity contribution is 7.99. The number of hydrogen-bond acceptors (Lipinski definition) is 7. The standard InChI is InChI=1S/C17H33NO5S/c1-5-6-10-7-11(18(3)8-10)12(9(2)19)16-14(21)13(20)15(22)17(23-16)24-4/h9-17,19-22H,5-8H2,1-4H3/t9?,10-,11+,12+,13+,14-,15-,16-,17-/m1/s1. The van der Waals surface area contributed by atoms with E-state index in [1.807, 2.05) is 7.05 Å². The summed E-state index contributed by atoms with van der Waals surface area (Å²) < 4.78 is 5.93. The highest BCUT2D eigenvalue weighted by atomic mass is 32.2. The molecular formula is C17H33NO5S. The van der Waals surface area contributed by atoms with Gasteiger partial charge in [0, 0.05) is 18.5 Å². The fraction of sp³-hybridized carbons (Fsp3) is 1.00. The molecule has 0 bridgehead atoms. The van der Waals surface area contributed by atoms with Gasteiger partial charge in [-0.3, -0.25) is 0 Å². The summed E-state index contributed by atoms with van der Waals surface area (Å²) in [6.45, 7) is 4.86. The van der Waals surface area contributed by atoms with Crippen molar-refractivity contribution in [1.82, 2.24) is 4.90 Å². The number of likely N-dealkylation sites (tertiary alicyclic amines) is 1. The predicted molar refractivity (Wildman–Crippen MR) is 94.8 cm³/mol. The van der Waals surface area contributed by atoms with E-state index in [4.69, 9.17) is 4.74 Å². The Morgan fingerprint density at radius 1 is 1.21 bits per heavy atom. The smallest absolute Gasteiger partial charge is 0.132 e. The Balaban J connectivity index is 2.20. The van der Waals surface area contributed by atoms with Gasteiger partial charge in [0.25, 0.3) is 0 Å². The van der Waals surface area contributed by atoms with E-state index in [-0.39, 0.29) is 12.0 Å². The van der Waals surface area contributed by atoms with E-state index in [0.29, 0.717) is 5.92 Å². The molecule has 0 aromatic heterocycles. The first-order valence-corrected chi connectivity index (χ1v) is 10.2. The van der Waals surface area contributed by atoms with Crippen molar-refractivity contribution in [3.63, 3.8) is 0 Å². The number of aliphatic hydroxyl groups is 4. The van der Waals surface area contributed by atoms with Gasteiger partial charge in [0.15, 0.2) is 0 Å². The molecule has 0 spiro atoms. The molecule has 1 unspecified atom stereocenters. The van der Waals surface area contributed by atoms with E-state index in [2.05, 4.69) is 11.8 Å². The van der Waals surface area contributed by atoms with Crippen LogP contribution in [0.5, 0.6) is 0 Å². The minimum atomic E-state index is -1.26. The van der Waals surface area contributed by atoms with E-state index < -0.39 is 36.0 Å². The Hall–Kier alpha value is 0.110. The SMILES string of the molecule is CCC[C@@H]1C[C@@H]([C@H](C(C)O)[C@H]2O[C@H](SC)[C@H](O)[C@@H](O)[C@H]2O)N(C)C1. The predicted octanol–water partition coefficient (Wildman–Crippen LogP) is 0.274. The maximum absolute atomic E-state index is 10.5. The van der Waals surface area contributed by atoms with Crippen molar-refractivity contribution in [2.24, 2.45) is 11.8 Å². The molecule has 2 saturated heterocycles. The van der Waals surface area contributed by atoms with Gasteiger partial charge in [-0.15, -0.1) is 11.8 Å². The van der Waals surface area contributed by atoms with E-state index >= 15 is 0 Å². The minimum absolute atomic E-state index is 0.0890. The summed E-state index contributed by atoms with van der Waals surface area (Å²) in [5, 5.41) is 41.2. The lowest BCUT2D eigenvalue weighted by molar-refractivity contribution is -0.224. The fourth-order valence-corrected chi connectivity index (χ4v) is 5.09. The van der Waals surface area contributed by atoms with Crippen LogP contribution < -0.4 is 0 Å². The van der Waals surface area contributed by atoms with Crippen molar-refractivity contribution in [3.05, 3.63) is 0 Å². The number of ether oxygens (including phenoxy) is 1. The lowest BCUT2D eigenvalue weighted by atomic mass is 9.80. The van der Waals surface area contributed by atoms with Gasteiger partial charge in [-0.25, -0.2) is 0 Å². The van der Waals surface area contributed by atoms with E-state index in [9.17, 15) is 20.4 Å². The van der Waals surface area contributed by atoms with Crippen LogP contribution in [-0.4, -0.2) is 87.2 Å². The molecule has 0 saturated carbocycles. The molecule has 2 rings (SSSR count). The minimum Gasteiger partial charge on any atom is -0.393 e. The molecule has 9 atom stereocenters. The van der Waals surface area contributed by atoms with Crippen LogP contribution in [0.15, 0.2) is 0 Å². The Bertz CT molecular complexity index is 397. The molecule has 0 aliphatic carbocycles. The number of thioether (sulfide) groups is 1. The van der Waals surface area contributed by atoms with Crippen molar-refractivity contribution in [2.75, 3.05) is 19.8 Å². The zero-order valence-corrected chi connectivity index (χ0v) is 15.9. The molecule has 2 heterocycles. The second kappa shape index (κ2) is 8.66. The summed E-state index contributed by atoms with van der Waals surface area (Å²) in [5.41, 5.74) is -0.604. The topological polar surface area (TPSA) is 93.4 Å². The molecule has 4 N–H and O–H groups in total. The number of hydrogen-bond donors (Lipinski definition) is 4. The maximum atomic E-state index is 10.5. The number of rotatable bonds is 6. The van der Waals surface area contributed by atoms with Gasteiger partial charge in [-0.2, -0.15) is 0 Å². The van der Waals surface area contributed by atoms with Gasteiger partial charge in [0.2, 0.25) is 0 Å². The van der Waals surface area contributed by atoms with Gasteiger partial charge in [-0.1, -0.05) is 13.3 Å². The molecule has 2 fully saturated rings. The van der Waals surface area contributed by atoms with Gasteiger partial charge < -0.3 is 30.1 Å². The first kappa shape index (κ1) is 20.4. The van der Waals surface area contributed by atoms with Crippen molar-refractivity contribution < 1.29 is 25.2 Å². The first-order chi connectivity index (χ1) is 11.3. The van der Waals surface area contributed by atoms with Crippen molar-refractivity contribution >= 4 is 11.8 Å². The largest absolute Gasteiger partial charge is 0.393 e. The monoisotopic (exact) mass is 363 g/mol. The van der Waals surface area contributed by atoms with Crippen LogP contribution in [-0.2, 0) is 4.74 Å². The average molecular weight is 364 g/mol. The van der Waals surface area contributed by atoms with Gasteiger partial charge >= 0.3 is 0 Å². The number of aliphatic hydroxyl groups excluding tert-OH is 4. The van der Waals surface area contributed by atoms with Crippen molar-refractivity contribution in [3.8, 4) is 0 Å². The third kappa shape index (κ3) is 4.09. The van der Waals surface area contributed by atoms with Crippen molar-refractivity contribution in [1.29, 1.82) is 0 Å². The van der Waals surface area contributed by atoms with Gasteiger partial charge in [-0.05, 0) is 39.0 Å². The second-order valence-electron chi connectivity index (χ2n) is 7.39. The molecule has 142 valence electrons. The quantitative estimate of drug-likeness (QED) is 0.538. The van der Waals surface area contributed by atoms with E-state index in [1.165, 1.54) is 11.8 Å². The molecule has 24 heavy (non-hydrogen) atoms. The lowest BCUT2D eigenvalue weighted by Gasteiger charge is -2.46. The highest BCUT2D eigenvalue weighted by Gasteiger charge is 2.51. The van der Waals surface area contributed by atoms with Crippen LogP contribution in [0.1, 0.15) is 33.1 Å². The van der Waals surface area contributed by atoms with E-state index in [0.717, 1.165) is 25.8 Å². The normalized spacial score (nSPS) is 43.8. The number of nitrogens with zero attached hydrogens (tertiary/aromatic N) is 1. The second-order valence-corrected chi connectivity index (χ2v) is 8.33. The van der Waals surface area contributed by atoms with Crippen LogP contribution in [0.3, 0.4) is 0 Å². The van der Waals surface area contributed by atoms with Crippen LogP contribution in [0.4, 0.5) is 0 Å². The average Bonchev–Trinajstić information content (AvgIpc) is 2.88. The van der Waals surface area contributed by atoms with E-state index in [1.54, 1.807) is 13.2 Å².